The van der Waals surface area contributed by atoms with E-state index in [1.54, 1.807) is 28.5 Å². The van der Waals surface area contributed by atoms with Crippen LogP contribution in [0.4, 0.5) is 0 Å². The van der Waals surface area contributed by atoms with E-state index in [4.69, 9.17) is 11.6 Å². The Hall–Kier alpha value is -1.13. The number of hydrogen-bond acceptors (Lipinski definition) is 3. The molecule has 0 aliphatic rings. The number of aromatic nitrogens is 2. The molecule has 0 fully saturated rings. The lowest BCUT2D eigenvalue weighted by atomic mass is 10.3. The van der Waals surface area contributed by atoms with Gasteiger partial charge >= 0.3 is 4.87 Å². The van der Waals surface area contributed by atoms with Crippen molar-refractivity contribution in [2.45, 2.75) is 6.54 Å². The first-order valence-electron chi connectivity index (χ1n) is 3.99. The van der Waals surface area contributed by atoms with Crippen molar-refractivity contribution in [2.75, 3.05) is 0 Å². The molecule has 0 amide bonds. The van der Waals surface area contributed by atoms with E-state index in [1.165, 1.54) is 11.3 Å². The molecule has 14 heavy (non-hydrogen) atoms. The van der Waals surface area contributed by atoms with E-state index < -0.39 is 0 Å². The fourth-order valence-corrected chi connectivity index (χ4v) is 1.89. The van der Waals surface area contributed by atoms with Gasteiger partial charge in [-0.3, -0.25) is 9.78 Å². The number of halogens is 1. The SMILES string of the molecule is O=c1sccn1Cc1ccncc1Cl. The van der Waals surface area contributed by atoms with E-state index in [0.29, 0.717) is 11.6 Å². The first-order valence-corrected chi connectivity index (χ1v) is 5.25. The molecule has 0 saturated heterocycles. The molecule has 0 N–H and O–H groups in total. The highest BCUT2D eigenvalue weighted by Gasteiger charge is 2.02. The molecule has 5 heteroatoms. The molecule has 0 bridgehead atoms. The number of hydrogen-bond donors (Lipinski definition) is 0. The summed E-state index contributed by atoms with van der Waals surface area (Å²) in [7, 11) is 0. The van der Waals surface area contributed by atoms with Crippen molar-refractivity contribution in [3.05, 3.63) is 50.3 Å². The summed E-state index contributed by atoms with van der Waals surface area (Å²) in [6, 6.07) is 1.81. The van der Waals surface area contributed by atoms with Crippen LogP contribution in [0.5, 0.6) is 0 Å². The predicted octanol–water partition coefficient (Wildman–Crippen LogP) is 2.01. The van der Waals surface area contributed by atoms with Crippen molar-refractivity contribution in [1.29, 1.82) is 0 Å². The Morgan fingerprint density at radius 1 is 1.57 bits per heavy atom. The second-order valence-corrected chi connectivity index (χ2v) is 4.03. The first-order chi connectivity index (χ1) is 6.77. The lowest BCUT2D eigenvalue weighted by Gasteiger charge is -2.02. The molecule has 72 valence electrons. The second kappa shape index (κ2) is 3.94. The van der Waals surface area contributed by atoms with Gasteiger partial charge in [0, 0.05) is 24.0 Å². The molecule has 0 aromatic carbocycles. The lowest BCUT2D eigenvalue weighted by Crippen LogP contribution is -2.12. The quantitative estimate of drug-likeness (QED) is 0.785. The normalized spacial score (nSPS) is 10.4. The van der Waals surface area contributed by atoms with Crippen LogP contribution in [0.3, 0.4) is 0 Å². The van der Waals surface area contributed by atoms with Gasteiger partial charge in [0.15, 0.2) is 0 Å². The molecule has 0 saturated carbocycles. The monoisotopic (exact) mass is 226 g/mol. The van der Waals surface area contributed by atoms with E-state index >= 15 is 0 Å². The van der Waals surface area contributed by atoms with Crippen LogP contribution in [-0.2, 0) is 6.54 Å². The summed E-state index contributed by atoms with van der Waals surface area (Å²) in [5, 5.41) is 2.35. The van der Waals surface area contributed by atoms with Crippen LogP contribution >= 0.6 is 22.9 Å². The van der Waals surface area contributed by atoms with Gasteiger partial charge in [0.05, 0.1) is 11.6 Å². The Morgan fingerprint density at radius 3 is 3.07 bits per heavy atom. The summed E-state index contributed by atoms with van der Waals surface area (Å²) in [6.07, 6.45) is 5.00. The zero-order chi connectivity index (χ0) is 9.97. The van der Waals surface area contributed by atoms with Gasteiger partial charge < -0.3 is 4.57 Å². The first kappa shape index (κ1) is 9.43. The number of pyridine rings is 1. The van der Waals surface area contributed by atoms with Crippen LogP contribution < -0.4 is 4.87 Å². The van der Waals surface area contributed by atoms with Gasteiger partial charge in [0.2, 0.25) is 0 Å². The third kappa shape index (κ3) is 1.86. The minimum Gasteiger partial charge on any atom is -0.301 e. The average molecular weight is 227 g/mol. The van der Waals surface area contributed by atoms with E-state index in [9.17, 15) is 4.79 Å². The molecule has 2 rings (SSSR count). The summed E-state index contributed by atoms with van der Waals surface area (Å²) in [6.45, 7) is 0.504. The number of rotatable bonds is 2. The maximum absolute atomic E-state index is 11.3. The predicted molar refractivity (Wildman–Crippen MR) is 56.9 cm³/mol. The molecular weight excluding hydrogens is 220 g/mol. The molecule has 3 nitrogen and oxygen atoms in total. The lowest BCUT2D eigenvalue weighted by molar-refractivity contribution is 0.783. The molecule has 0 unspecified atom stereocenters. The zero-order valence-electron chi connectivity index (χ0n) is 7.18. The van der Waals surface area contributed by atoms with Crippen molar-refractivity contribution in [3.63, 3.8) is 0 Å². The van der Waals surface area contributed by atoms with Crippen molar-refractivity contribution >= 4 is 22.9 Å². The summed E-state index contributed by atoms with van der Waals surface area (Å²) < 4.78 is 1.62. The third-order valence-corrected chi connectivity index (χ3v) is 2.88. The van der Waals surface area contributed by atoms with Gasteiger partial charge in [-0.1, -0.05) is 22.9 Å². The van der Waals surface area contributed by atoms with E-state index in [1.807, 2.05) is 6.07 Å². The minimum absolute atomic E-state index is 0.0258. The molecule has 2 heterocycles. The Bertz CT molecular complexity index is 491. The molecule has 2 aromatic heterocycles. The van der Waals surface area contributed by atoms with E-state index in [-0.39, 0.29) is 4.87 Å². The minimum atomic E-state index is 0.0258. The Kier molecular flexibility index (Phi) is 2.65. The summed E-state index contributed by atoms with van der Waals surface area (Å²) in [5.74, 6) is 0. The van der Waals surface area contributed by atoms with Gasteiger partial charge in [0.25, 0.3) is 0 Å². The second-order valence-electron chi connectivity index (χ2n) is 2.76. The fourth-order valence-electron chi connectivity index (χ4n) is 1.12. The third-order valence-electron chi connectivity index (χ3n) is 1.84. The Balaban J connectivity index is 2.32. The molecule has 0 aliphatic heterocycles. The van der Waals surface area contributed by atoms with Gasteiger partial charge in [0.1, 0.15) is 0 Å². The summed E-state index contributed by atoms with van der Waals surface area (Å²) >= 11 is 7.10. The van der Waals surface area contributed by atoms with Crippen LogP contribution in [0.2, 0.25) is 5.02 Å². The van der Waals surface area contributed by atoms with Crippen LogP contribution in [0.1, 0.15) is 5.56 Å². The maximum Gasteiger partial charge on any atom is 0.307 e. The van der Waals surface area contributed by atoms with Gasteiger partial charge in [-0.05, 0) is 11.6 Å². The maximum atomic E-state index is 11.3. The van der Waals surface area contributed by atoms with Crippen molar-refractivity contribution < 1.29 is 0 Å². The Labute approximate surface area is 89.6 Å². The number of nitrogens with zero attached hydrogens (tertiary/aromatic N) is 2. The van der Waals surface area contributed by atoms with Gasteiger partial charge in [-0.2, -0.15) is 0 Å². The van der Waals surface area contributed by atoms with Crippen LogP contribution in [0, 0.1) is 0 Å². The largest absolute Gasteiger partial charge is 0.307 e. The molecule has 0 aliphatic carbocycles. The molecule has 0 radical (unpaired) electrons. The van der Waals surface area contributed by atoms with Crippen LogP contribution in [-0.4, -0.2) is 9.55 Å². The molecule has 2 aromatic rings. The molecular formula is C9H7ClN2OS. The smallest absolute Gasteiger partial charge is 0.301 e. The van der Waals surface area contributed by atoms with Crippen LogP contribution in [0.25, 0.3) is 0 Å². The summed E-state index contributed by atoms with van der Waals surface area (Å²) in [4.78, 5) is 15.2. The fraction of sp³-hybridized carbons (Fsp3) is 0.111. The van der Waals surface area contributed by atoms with E-state index in [2.05, 4.69) is 4.98 Å². The number of thiazole rings is 1. The highest BCUT2D eigenvalue weighted by atomic mass is 35.5. The van der Waals surface area contributed by atoms with Crippen molar-refractivity contribution in [2.24, 2.45) is 0 Å². The summed E-state index contributed by atoms with van der Waals surface area (Å²) in [5.41, 5.74) is 0.905. The molecule has 0 spiro atoms. The standard InChI is InChI=1S/C9H7ClN2OS/c10-8-5-11-2-1-7(8)6-12-3-4-14-9(12)13/h1-5H,6H2. The van der Waals surface area contributed by atoms with Gasteiger partial charge in [-0.25, -0.2) is 0 Å². The van der Waals surface area contributed by atoms with Crippen molar-refractivity contribution in [1.82, 2.24) is 9.55 Å². The zero-order valence-corrected chi connectivity index (χ0v) is 8.76. The highest BCUT2D eigenvalue weighted by molar-refractivity contribution is 7.07. The van der Waals surface area contributed by atoms with Crippen LogP contribution in [0.15, 0.2) is 34.8 Å². The highest BCUT2D eigenvalue weighted by Crippen LogP contribution is 2.14. The Morgan fingerprint density at radius 2 is 2.43 bits per heavy atom. The van der Waals surface area contributed by atoms with Crippen molar-refractivity contribution in [3.8, 4) is 0 Å². The molecule has 0 atom stereocenters. The average Bonchev–Trinajstić information content (AvgIpc) is 2.56. The van der Waals surface area contributed by atoms with Gasteiger partial charge in [-0.15, -0.1) is 0 Å². The van der Waals surface area contributed by atoms with E-state index in [0.717, 1.165) is 5.56 Å². The topological polar surface area (TPSA) is 34.9 Å².